The summed E-state index contributed by atoms with van der Waals surface area (Å²) in [5.74, 6) is 1.89. The summed E-state index contributed by atoms with van der Waals surface area (Å²) in [5, 5.41) is 3.77. The first kappa shape index (κ1) is 14.2. The topological polar surface area (TPSA) is 41.1 Å². The standard InChI is InChI=1S/C12H21ClN4/c1-9(2)12-15-10(13)8-11(16-12)14-6-5-7-17(3)4/h8-9H,5-7H2,1-4H3,(H,14,15,16). The molecule has 5 heteroatoms. The van der Waals surface area contributed by atoms with Crippen LogP contribution in [-0.2, 0) is 0 Å². The fraction of sp³-hybridized carbons (Fsp3) is 0.667. The summed E-state index contributed by atoms with van der Waals surface area (Å²) >= 11 is 5.96. The highest BCUT2D eigenvalue weighted by atomic mass is 35.5. The third-order valence-corrected chi connectivity index (χ3v) is 2.51. The molecule has 0 saturated carbocycles. The smallest absolute Gasteiger partial charge is 0.135 e. The number of hydrogen-bond acceptors (Lipinski definition) is 4. The molecule has 1 N–H and O–H groups in total. The van der Waals surface area contributed by atoms with Gasteiger partial charge in [0, 0.05) is 18.5 Å². The first-order valence-electron chi connectivity index (χ1n) is 5.92. The molecule has 4 nitrogen and oxygen atoms in total. The summed E-state index contributed by atoms with van der Waals surface area (Å²) in [6, 6.07) is 1.77. The van der Waals surface area contributed by atoms with E-state index in [1.54, 1.807) is 6.07 Å². The third-order valence-electron chi connectivity index (χ3n) is 2.32. The monoisotopic (exact) mass is 256 g/mol. The Kier molecular flexibility index (Phi) is 5.65. The zero-order chi connectivity index (χ0) is 12.8. The van der Waals surface area contributed by atoms with Crippen molar-refractivity contribution in [3.8, 4) is 0 Å². The van der Waals surface area contributed by atoms with E-state index in [1.807, 2.05) is 0 Å². The molecule has 0 bridgehead atoms. The lowest BCUT2D eigenvalue weighted by molar-refractivity contribution is 0.405. The zero-order valence-corrected chi connectivity index (χ0v) is 11.8. The number of aromatic nitrogens is 2. The normalized spacial score (nSPS) is 11.2. The van der Waals surface area contributed by atoms with Crippen molar-refractivity contribution in [1.82, 2.24) is 14.9 Å². The maximum absolute atomic E-state index is 5.96. The van der Waals surface area contributed by atoms with Gasteiger partial charge in [-0.2, -0.15) is 0 Å². The van der Waals surface area contributed by atoms with Crippen LogP contribution >= 0.6 is 11.6 Å². The number of nitrogens with zero attached hydrogens (tertiary/aromatic N) is 3. The van der Waals surface area contributed by atoms with E-state index in [-0.39, 0.29) is 5.92 Å². The molecule has 1 heterocycles. The Morgan fingerprint density at radius 3 is 2.65 bits per heavy atom. The number of nitrogens with one attached hydrogen (secondary N) is 1. The van der Waals surface area contributed by atoms with Gasteiger partial charge < -0.3 is 10.2 Å². The minimum Gasteiger partial charge on any atom is -0.370 e. The summed E-state index contributed by atoms with van der Waals surface area (Å²) in [6.07, 6.45) is 1.08. The van der Waals surface area contributed by atoms with E-state index in [2.05, 4.69) is 48.1 Å². The average Bonchev–Trinajstić information content (AvgIpc) is 2.23. The van der Waals surface area contributed by atoms with Crippen molar-refractivity contribution in [1.29, 1.82) is 0 Å². The molecule has 0 amide bonds. The maximum atomic E-state index is 5.96. The minimum absolute atomic E-state index is 0.288. The highest BCUT2D eigenvalue weighted by Crippen LogP contribution is 2.16. The van der Waals surface area contributed by atoms with Gasteiger partial charge in [-0.3, -0.25) is 0 Å². The molecule has 1 rings (SSSR count). The van der Waals surface area contributed by atoms with Gasteiger partial charge in [0.2, 0.25) is 0 Å². The Hall–Kier alpha value is -0.870. The van der Waals surface area contributed by atoms with Gasteiger partial charge in [-0.25, -0.2) is 9.97 Å². The molecular formula is C12H21ClN4. The van der Waals surface area contributed by atoms with Crippen LogP contribution in [0.5, 0.6) is 0 Å². The van der Waals surface area contributed by atoms with E-state index in [9.17, 15) is 0 Å². The molecule has 0 aliphatic heterocycles. The van der Waals surface area contributed by atoms with Crippen molar-refractivity contribution in [2.45, 2.75) is 26.2 Å². The minimum atomic E-state index is 0.288. The molecular weight excluding hydrogens is 236 g/mol. The van der Waals surface area contributed by atoms with Gasteiger partial charge in [-0.15, -0.1) is 0 Å². The van der Waals surface area contributed by atoms with E-state index in [0.717, 1.165) is 31.2 Å². The summed E-state index contributed by atoms with van der Waals surface area (Å²) < 4.78 is 0. The molecule has 1 aromatic rings. The van der Waals surface area contributed by atoms with Crippen LogP contribution in [0.4, 0.5) is 5.82 Å². The molecule has 0 atom stereocenters. The van der Waals surface area contributed by atoms with Gasteiger partial charge in [-0.05, 0) is 27.1 Å². The molecule has 0 spiro atoms. The Morgan fingerprint density at radius 2 is 2.06 bits per heavy atom. The summed E-state index contributed by atoms with van der Waals surface area (Å²) in [5.41, 5.74) is 0. The number of halogens is 1. The highest BCUT2D eigenvalue weighted by molar-refractivity contribution is 6.29. The second-order valence-electron chi connectivity index (χ2n) is 4.67. The van der Waals surface area contributed by atoms with Crippen LogP contribution in [0, 0.1) is 0 Å². The fourth-order valence-corrected chi connectivity index (χ4v) is 1.59. The largest absolute Gasteiger partial charge is 0.370 e. The van der Waals surface area contributed by atoms with E-state index in [0.29, 0.717) is 5.15 Å². The first-order valence-corrected chi connectivity index (χ1v) is 6.30. The lowest BCUT2D eigenvalue weighted by Gasteiger charge is -2.11. The lowest BCUT2D eigenvalue weighted by atomic mass is 10.2. The van der Waals surface area contributed by atoms with Gasteiger partial charge in [0.1, 0.15) is 16.8 Å². The predicted octanol–water partition coefficient (Wildman–Crippen LogP) is 2.62. The van der Waals surface area contributed by atoms with Gasteiger partial charge in [-0.1, -0.05) is 25.4 Å². The Labute approximate surface area is 108 Å². The van der Waals surface area contributed by atoms with Crippen molar-refractivity contribution in [2.75, 3.05) is 32.5 Å². The van der Waals surface area contributed by atoms with Crippen molar-refractivity contribution in [3.05, 3.63) is 17.0 Å². The summed E-state index contributed by atoms with van der Waals surface area (Å²) in [4.78, 5) is 10.8. The predicted molar refractivity (Wildman–Crippen MR) is 72.8 cm³/mol. The highest BCUT2D eigenvalue weighted by Gasteiger charge is 2.06. The molecule has 0 unspecified atom stereocenters. The Balaban J connectivity index is 2.53. The van der Waals surface area contributed by atoms with Gasteiger partial charge in [0.05, 0.1) is 0 Å². The maximum Gasteiger partial charge on any atom is 0.135 e. The Bertz CT molecular complexity index is 352. The van der Waals surface area contributed by atoms with Crippen molar-refractivity contribution in [3.63, 3.8) is 0 Å². The second kappa shape index (κ2) is 6.77. The molecule has 1 aromatic heterocycles. The zero-order valence-electron chi connectivity index (χ0n) is 11.0. The van der Waals surface area contributed by atoms with Crippen molar-refractivity contribution >= 4 is 17.4 Å². The lowest BCUT2D eigenvalue weighted by Crippen LogP contribution is -2.17. The van der Waals surface area contributed by atoms with Gasteiger partial charge in [0.25, 0.3) is 0 Å². The fourth-order valence-electron chi connectivity index (χ4n) is 1.40. The van der Waals surface area contributed by atoms with Crippen LogP contribution in [0.15, 0.2) is 6.07 Å². The third kappa shape index (κ3) is 5.33. The molecule has 0 fully saturated rings. The first-order chi connectivity index (χ1) is 7.99. The number of hydrogen-bond donors (Lipinski definition) is 1. The van der Waals surface area contributed by atoms with Gasteiger partial charge >= 0.3 is 0 Å². The summed E-state index contributed by atoms with van der Waals surface area (Å²) in [7, 11) is 4.14. The van der Waals surface area contributed by atoms with E-state index in [4.69, 9.17) is 11.6 Å². The summed E-state index contributed by atoms with van der Waals surface area (Å²) in [6.45, 7) is 6.06. The molecule has 0 aliphatic carbocycles. The molecule has 17 heavy (non-hydrogen) atoms. The van der Waals surface area contributed by atoms with Crippen molar-refractivity contribution in [2.24, 2.45) is 0 Å². The van der Waals surface area contributed by atoms with Crippen LogP contribution in [0.3, 0.4) is 0 Å². The van der Waals surface area contributed by atoms with Gasteiger partial charge in [0.15, 0.2) is 0 Å². The average molecular weight is 257 g/mol. The van der Waals surface area contributed by atoms with Crippen LogP contribution < -0.4 is 5.32 Å². The Morgan fingerprint density at radius 1 is 1.35 bits per heavy atom. The molecule has 0 saturated heterocycles. The van der Waals surface area contributed by atoms with E-state index in [1.165, 1.54) is 0 Å². The molecule has 0 aliphatic rings. The SMILES string of the molecule is CC(C)c1nc(Cl)cc(NCCCN(C)C)n1. The quantitative estimate of drug-likeness (QED) is 0.628. The van der Waals surface area contributed by atoms with E-state index < -0.39 is 0 Å². The van der Waals surface area contributed by atoms with Crippen molar-refractivity contribution < 1.29 is 0 Å². The molecule has 96 valence electrons. The number of anilines is 1. The number of rotatable bonds is 6. The van der Waals surface area contributed by atoms with E-state index >= 15 is 0 Å². The van der Waals surface area contributed by atoms with Crippen LogP contribution in [0.1, 0.15) is 32.0 Å². The molecule has 0 aromatic carbocycles. The van der Waals surface area contributed by atoms with Crippen LogP contribution in [0.25, 0.3) is 0 Å². The van der Waals surface area contributed by atoms with Crippen LogP contribution in [0.2, 0.25) is 5.15 Å². The van der Waals surface area contributed by atoms with Crippen LogP contribution in [-0.4, -0.2) is 42.1 Å². The second-order valence-corrected chi connectivity index (χ2v) is 5.06. The molecule has 0 radical (unpaired) electrons.